The Kier molecular flexibility index (Phi) is 6.11. The van der Waals surface area contributed by atoms with E-state index in [9.17, 15) is 13.2 Å². The summed E-state index contributed by atoms with van der Waals surface area (Å²) in [5.41, 5.74) is 2.03. The molecule has 0 fully saturated rings. The van der Waals surface area contributed by atoms with Crippen LogP contribution in [0.1, 0.15) is 17.5 Å². The Balaban J connectivity index is 1.84. The number of amides is 1. The molecule has 6 heteroatoms. The second-order valence-corrected chi connectivity index (χ2v) is 7.46. The molecule has 1 amide bonds. The molecule has 0 aliphatic heterocycles. The number of carbonyl (C=O) groups excluding carboxylic acids is 1. The average molecular weight is 346 g/mol. The Bertz CT molecular complexity index is 772. The Hall–Kier alpha value is -2.18. The summed E-state index contributed by atoms with van der Waals surface area (Å²) in [4.78, 5) is 13.9. The summed E-state index contributed by atoms with van der Waals surface area (Å²) in [7, 11) is -1.87. The van der Waals surface area contributed by atoms with Crippen molar-refractivity contribution >= 4 is 15.9 Å². The summed E-state index contributed by atoms with van der Waals surface area (Å²) < 4.78 is 26.8. The summed E-state index contributed by atoms with van der Waals surface area (Å²) in [6, 6.07) is 16.3. The fourth-order valence-corrected chi connectivity index (χ4v) is 3.26. The van der Waals surface area contributed by atoms with E-state index >= 15 is 0 Å². The third kappa shape index (κ3) is 5.18. The number of nitrogens with zero attached hydrogens (tertiary/aromatic N) is 1. The molecule has 2 aromatic carbocycles. The van der Waals surface area contributed by atoms with Crippen molar-refractivity contribution in [3.05, 3.63) is 65.7 Å². The maximum absolute atomic E-state index is 12.1. The first-order valence-electron chi connectivity index (χ1n) is 7.73. The second kappa shape index (κ2) is 8.08. The summed E-state index contributed by atoms with van der Waals surface area (Å²) in [6.45, 7) is 2.48. The topological polar surface area (TPSA) is 66.5 Å². The number of hydrogen-bond donors (Lipinski definition) is 1. The lowest BCUT2D eigenvalue weighted by atomic mass is 10.2. The van der Waals surface area contributed by atoms with E-state index in [1.165, 1.54) is 0 Å². The van der Waals surface area contributed by atoms with Crippen molar-refractivity contribution in [3.8, 4) is 0 Å². The van der Waals surface area contributed by atoms with Crippen molar-refractivity contribution < 1.29 is 13.2 Å². The summed E-state index contributed by atoms with van der Waals surface area (Å²) in [5.74, 6) is -0.106. The van der Waals surface area contributed by atoms with Gasteiger partial charge in [0, 0.05) is 26.6 Å². The van der Waals surface area contributed by atoms with Gasteiger partial charge >= 0.3 is 0 Å². The first-order chi connectivity index (χ1) is 11.4. The number of benzene rings is 2. The predicted octanol–water partition coefficient (Wildman–Crippen LogP) is 2.32. The predicted molar refractivity (Wildman–Crippen MR) is 93.9 cm³/mol. The molecule has 0 aromatic heterocycles. The highest BCUT2D eigenvalue weighted by Gasteiger charge is 2.15. The smallest absolute Gasteiger partial charge is 0.240 e. The molecular formula is C18H22N2O3S. The minimum absolute atomic E-state index is 0.0776. The highest BCUT2D eigenvalue weighted by atomic mass is 32.2. The van der Waals surface area contributed by atoms with E-state index < -0.39 is 10.0 Å². The molecule has 128 valence electrons. The zero-order valence-corrected chi connectivity index (χ0v) is 14.7. The van der Waals surface area contributed by atoms with Crippen molar-refractivity contribution in [2.45, 2.75) is 24.8 Å². The average Bonchev–Trinajstić information content (AvgIpc) is 2.56. The van der Waals surface area contributed by atoms with Crippen LogP contribution in [-0.2, 0) is 21.4 Å². The molecule has 2 aromatic rings. The number of rotatable bonds is 7. The van der Waals surface area contributed by atoms with Gasteiger partial charge in [-0.15, -0.1) is 0 Å². The maximum atomic E-state index is 12.1. The lowest BCUT2D eigenvalue weighted by Crippen LogP contribution is -2.31. The molecular weight excluding hydrogens is 324 g/mol. The van der Waals surface area contributed by atoms with Crippen LogP contribution in [0.3, 0.4) is 0 Å². The zero-order chi connectivity index (χ0) is 17.6. The molecule has 0 aliphatic carbocycles. The van der Waals surface area contributed by atoms with Crippen LogP contribution in [0.4, 0.5) is 0 Å². The van der Waals surface area contributed by atoms with E-state index in [-0.39, 0.29) is 23.8 Å². The van der Waals surface area contributed by atoms with Crippen LogP contribution in [0, 0.1) is 6.92 Å². The van der Waals surface area contributed by atoms with Crippen molar-refractivity contribution in [2.24, 2.45) is 0 Å². The number of carbonyl (C=O) groups is 1. The van der Waals surface area contributed by atoms with Gasteiger partial charge in [-0.05, 0) is 24.6 Å². The molecule has 0 spiro atoms. The van der Waals surface area contributed by atoms with E-state index in [0.717, 1.165) is 11.1 Å². The largest absolute Gasteiger partial charge is 0.341 e. The molecule has 0 bridgehead atoms. The molecule has 0 aliphatic rings. The minimum atomic E-state index is -3.58. The van der Waals surface area contributed by atoms with Gasteiger partial charge in [0.2, 0.25) is 15.9 Å². The van der Waals surface area contributed by atoms with E-state index in [2.05, 4.69) is 4.72 Å². The fourth-order valence-electron chi connectivity index (χ4n) is 2.23. The number of aryl methyl sites for hydroxylation is 1. The van der Waals surface area contributed by atoms with Crippen LogP contribution >= 0.6 is 0 Å². The highest BCUT2D eigenvalue weighted by molar-refractivity contribution is 7.89. The van der Waals surface area contributed by atoms with E-state index in [1.54, 1.807) is 36.2 Å². The molecule has 1 N–H and O–H groups in total. The van der Waals surface area contributed by atoms with Crippen LogP contribution in [-0.4, -0.2) is 32.8 Å². The molecule has 5 nitrogen and oxygen atoms in total. The van der Waals surface area contributed by atoms with Gasteiger partial charge < -0.3 is 4.90 Å². The van der Waals surface area contributed by atoms with Gasteiger partial charge in [-0.2, -0.15) is 0 Å². The Morgan fingerprint density at radius 1 is 1.04 bits per heavy atom. The van der Waals surface area contributed by atoms with E-state index in [4.69, 9.17) is 0 Å². The van der Waals surface area contributed by atoms with Crippen LogP contribution < -0.4 is 4.72 Å². The van der Waals surface area contributed by atoms with Gasteiger partial charge in [-0.25, -0.2) is 13.1 Å². The van der Waals surface area contributed by atoms with Crippen LogP contribution in [0.2, 0.25) is 0 Å². The Morgan fingerprint density at radius 2 is 1.67 bits per heavy atom. The third-order valence-electron chi connectivity index (χ3n) is 3.65. The minimum Gasteiger partial charge on any atom is -0.341 e. The number of nitrogens with one attached hydrogen (secondary N) is 1. The van der Waals surface area contributed by atoms with Crippen molar-refractivity contribution in [2.75, 3.05) is 13.6 Å². The van der Waals surface area contributed by atoms with Crippen LogP contribution in [0.25, 0.3) is 0 Å². The molecule has 0 atom stereocenters. The van der Waals surface area contributed by atoms with Gasteiger partial charge in [0.05, 0.1) is 4.90 Å². The summed E-state index contributed by atoms with van der Waals surface area (Å²) >= 11 is 0. The molecule has 0 heterocycles. The van der Waals surface area contributed by atoms with Crippen LogP contribution in [0.5, 0.6) is 0 Å². The maximum Gasteiger partial charge on any atom is 0.240 e. The van der Waals surface area contributed by atoms with Crippen LogP contribution in [0.15, 0.2) is 59.5 Å². The molecule has 24 heavy (non-hydrogen) atoms. The second-order valence-electron chi connectivity index (χ2n) is 5.70. The normalized spacial score (nSPS) is 11.2. The van der Waals surface area contributed by atoms with E-state index in [0.29, 0.717) is 6.54 Å². The third-order valence-corrected chi connectivity index (χ3v) is 5.13. The molecule has 0 saturated carbocycles. The standard InChI is InChI=1S/C18H22N2O3S/c1-15-8-10-17(11-9-15)24(22,23)19-13-12-18(21)20(2)14-16-6-4-3-5-7-16/h3-11,19H,12-14H2,1-2H3. The van der Waals surface area contributed by atoms with E-state index in [1.807, 2.05) is 37.3 Å². The molecule has 2 rings (SSSR count). The number of sulfonamides is 1. The highest BCUT2D eigenvalue weighted by Crippen LogP contribution is 2.10. The Morgan fingerprint density at radius 3 is 2.29 bits per heavy atom. The fraction of sp³-hybridized carbons (Fsp3) is 0.278. The van der Waals surface area contributed by atoms with Crippen molar-refractivity contribution in [1.82, 2.24) is 9.62 Å². The lowest BCUT2D eigenvalue weighted by molar-refractivity contribution is -0.130. The van der Waals surface area contributed by atoms with Crippen molar-refractivity contribution in [3.63, 3.8) is 0 Å². The first kappa shape index (κ1) is 18.2. The van der Waals surface area contributed by atoms with Gasteiger partial charge in [0.25, 0.3) is 0 Å². The zero-order valence-electron chi connectivity index (χ0n) is 13.9. The molecule has 0 saturated heterocycles. The molecule has 0 radical (unpaired) electrons. The summed E-state index contributed by atoms with van der Waals surface area (Å²) in [6.07, 6.45) is 0.119. The Labute approximate surface area is 143 Å². The lowest BCUT2D eigenvalue weighted by Gasteiger charge is -2.17. The van der Waals surface area contributed by atoms with Gasteiger partial charge in [-0.3, -0.25) is 4.79 Å². The van der Waals surface area contributed by atoms with Gasteiger partial charge in [-0.1, -0.05) is 48.0 Å². The van der Waals surface area contributed by atoms with Gasteiger partial charge in [0.1, 0.15) is 0 Å². The van der Waals surface area contributed by atoms with Crippen molar-refractivity contribution in [1.29, 1.82) is 0 Å². The number of hydrogen-bond acceptors (Lipinski definition) is 3. The molecule has 0 unspecified atom stereocenters. The summed E-state index contributed by atoms with van der Waals surface area (Å²) in [5, 5.41) is 0. The monoisotopic (exact) mass is 346 g/mol. The first-order valence-corrected chi connectivity index (χ1v) is 9.21. The van der Waals surface area contributed by atoms with Gasteiger partial charge in [0.15, 0.2) is 0 Å². The quantitative estimate of drug-likeness (QED) is 0.837. The SMILES string of the molecule is Cc1ccc(S(=O)(=O)NCCC(=O)N(C)Cc2ccccc2)cc1.